The smallest absolute Gasteiger partial charge is 0.294 e. The van der Waals surface area contributed by atoms with E-state index < -0.39 is 5.09 Å². The highest BCUT2D eigenvalue weighted by atomic mass is 16.9. The number of allylic oxidation sites excluding steroid dienone is 2. The molecule has 0 heterocycles. The molecule has 110 valence electrons. The lowest BCUT2D eigenvalue weighted by atomic mass is 9.83. The topological polar surface area (TPSA) is 86.5 Å². The molecule has 0 aliphatic heterocycles. The highest BCUT2D eigenvalue weighted by Crippen LogP contribution is 2.28. The van der Waals surface area contributed by atoms with Gasteiger partial charge in [0, 0.05) is 22.3 Å². The number of fused-ring (bicyclic) bond motifs is 1. The molecule has 0 atom stereocenters. The molecule has 2 rings (SSSR count). The summed E-state index contributed by atoms with van der Waals surface area (Å²) in [6.45, 7) is 1.65. The SMILES string of the molecule is CC1=C(CCCCO[N+](=O)[O-])C(=O)c2ccccc2C1=O. The molecule has 21 heavy (non-hydrogen) atoms. The van der Waals surface area contributed by atoms with Gasteiger partial charge < -0.3 is 4.84 Å². The normalized spacial score (nSPS) is 14.1. The molecule has 0 aromatic heterocycles. The first-order chi connectivity index (χ1) is 10.0. The van der Waals surface area contributed by atoms with Gasteiger partial charge in [-0.1, -0.05) is 24.3 Å². The van der Waals surface area contributed by atoms with Crippen molar-refractivity contribution in [2.75, 3.05) is 6.61 Å². The van der Waals surface area contributed by atoms with E-state index in [4.69, 9.17) is 0 Å². The van der Waals surface area contributed by atoms with Gasteiger partial charge in [0.15, 0.2) is 11.6 Å². The minimum atomic E-state index is -0.837. The van der Waals surface area contributed by atoms with Gasteiger partial charge in [0.25, 0.3) is 5.09 Å². The Morgan fingerprint density at radius 2 is 1.71 bits per heavy atom. The van der Waals surface area contributed by atoms with Crippen molar-refractivity contribution in [3.8, 4) is 0 Å². The number of hydrogen-bond acceptors (Lipinski definition) is 5. The summed E-state index contributed by atoms with van der Waals surface area (Å²) in [4.78, 5) is 38.9. The second-order valence-corrected chi connectivity index (χ2v) is 4.82. The Kier molecular flexibility index (Phi) is 4.47. The molecular weight excluding hydrogens is 274 g/mol. The molecule has 0 amide bonds. The quantitative estimate of drug-likeness (QED) is 0.456. The molecule has 0 radical (unpaired) electrons. The Balaban J connectivity index is 2.06. The van der Waals surface area contributed by atoms with Crippen molar-refractivity contribution in [2.45, 2.75) is 26.2 Å². The van der Waals surface area contributed by atoms with Crippen LogP contribution in [0.2, 0.25) is 0 Å². The van der Waals surface area contributed by atoms with Crippen molar-refractivity contribution >= 4 is 11.6 Å². The molecule has 0 spiro atoms. The van der Waals surface area contributed by atoms with Crippen LogP contribution in [0.1, 0.15) is 46.9 Å². The van der Waals surface area contributed by atoms with Gasteiger partial charge in [-0.2, -0.15) is 0 Å². The van der Waals surface area contributed by atoms with Crippen molar-refractivity contribution in [1.82, 2.24) is 0 Å². The zero-order valence-corrected chi connectivity index (χ0v) is 11.6. The lowest BCUT2D eigenvalue weighted by Gasteiger charge is -2.18. The van der Waals surface area contributed by atoms with Crippen LogP contribution in [0.4, 0.5) is 0 Å². The van der Waals surface area contributed by atoms with E-state index in [1.54, 1.807) is 31.2 Å². The van der Waals surface area contributed by atoms with Gasteiger partial charge in [-0.25, -0.2) is 0 Å². The minimum absolute atomic E-state index is 0.00193. The average Bonchev–Trinajstić information content (AvgIpc) is 2.47. The Morgan fingerprint density at radius 3 is 2.33 bits per heavy atom. The van der Waals surface area contributed by atoms with Gasteiger partial charge in [-0.3, -0.25) is 9.59 Å². The number of unbranched alkanes of at least 4 members (excludes halogenated alkanes) is 1. The zero-order chi connectivity index (χ0) is 15.4. The van der Waals surface area contributed by atoms with Crippen molar-refractivity contribution < 1.29 is 19.5 Å². The second-order valence-electron chi connectivity index (χ2n) is 4.82. The van der Waals surface area contributed by atoms with E-state index >= 15 is 0 Å². The Morgan fingerprint density at radius 1 is 1.10 bits per heavy atom. The Bertz CT molecular complexity index is 633. The van der Waals surface area contributed by atoms with E-state index in [2.05, 4.69) is 4.84 Å². The highest BCUT2D eigenvalue weighted by Gasteiger charge is 2.28. The van der Waals surface area contributed by atoms with Crippen LogP contribution < -0.4 is 0 Å². The van der Waals surface area contributed by atoms with E-state index in [0.717, 1.165) is 0 Å². The third-order valence-electron chi connectivity index (χ3n) is 3.50. The van der Waals surface area contributed by atoms with E-state index in [1.807, 2.05) is 0 Å². The van der Waals surface area contributed by atoms with Crippen molar-refractivity contribution in [1.29, 1.82) is 0 Å². The number of carbonyl (C=O) groups excluding carboxylic acids is 2. The summed E-state index contributed by atoms with van der Waals surface area (Å²) in [5, 5.41) is 9.19. The summed E-state index contributed by atoms with van der Waals surface area (Å²) in [6.07, 6.45) is 1.44. The first-order valence-corrected chi connectivity index (χ1v) is 6.68. The van der Waals surface area contributed by atoms with Gasteiger partial charge in [-0.15, -0.1) is 10.1 Å². The number of nitrogens with zero attached hydrogens (tertiary/aromatic N) is 1. The molecule has 6 nitrogen and oxygen atoms in total. The first kappa shape index (κ1) is 14.9. The number of benzene rings is 1. The summed E-state index contributed by atoms with van der Waals surface area (Å²) in [6, 6.07) is 6.77. The Labute approximate surface area is 121 Å². The lowest BCUT2D eigenvalue weighted by molar-refractivity contribution is -0.757. The molecule has 6 heteroatoms. The summed E-state index contributed by atoms with van der Waals surface area (Å²) in [7, 11) is 0. The fourth-order valence-corrected chi connectivity index (χ4v) is 2.39. The number of carbonyl (C=O) groups is 2. The third-order valence-corrected chi connectivity index (χ3v) is 3.50. The molecule has 0 unspecified atom stereocenters. The maximum atomic E-state index is 12.4. The summed E-state index contributed by atoms with van der Waals surface area (Å²) in [5.74, 6) is -0.250. The fraction of sp³-hybridized carbons (Fsp3) is 0.333. The van der Waals surface area contributed by atoms with Crippen LogP contribution in [-0.4, -0.2) is 23.3 Å². The van der Waals surface area contributed by atoms with Gasteiger partial charge in [0.1, 0.15) is 0 Å². The largest absolute Gasteiger partial charge is 0.314 e. The van der Waals surface area contributed by atoms with Crippen LogP contribution >= 0.6 is 0 Å². The van der Waals surface area contributed by atoms with Crippen LogP contribution in [-0.2, 0) is 4.84 Å². The minimum Gasteiger partial charge on any atom is -0.314 e. The predicted octanol–water partition coefficient (Wildman–Crippen LogP) is 2.76. The van der Waals surface area contributed by atoms with Crippen LogP contribution in [0.15, 0.2) is 35.4 Å². The van der Waals surface area contributed by atoms with Crippen LogP contribution in [0.3, 0.4) is 0 Å². The average molecular weight is 289 g/mol. The van der Waals surface area contributed by atoms with Crippen molar-refractivity contribution in [3.63, 3.8) is 0 Å². The van der Waals surface area contributed by atoms with E-state index in [1.165, 1.54) is 0 Å². The number of hydrogen-bond donors (Lipinski definition) is 0. The molecule has 0 bridgehead atoms. The molecule has 0 saturated carbocycles. The van der Waals surface area contributed by atoms with E-state index in [-0.39, 0.29) is 18.2 Å². The number of rotatable bonds is 6. The maximum absolute atomic E-state index is 12.4. The van der Waals surface area contributed by atoms with Crippen molar-refractivity contribution in [2.24, 2.45) is 0 Å². The van der Waals surface area contributed by atoms with E-state index in [9.17, 15) is 19.7 Å². The predicted molar refractivity (Wildman–Crippen MR) is 74.6 cm³/mol. The second kappa shape index (κ2) is 6.30. The van der Waals surface area contributed by atoms with Gasteiger partial charge >= 0.3 is 0 Å². The standard InChI is InChI=1S/C15H15NO5/c1-10-11(6-4-5-9-21-16(19)20)15(18)13-8-3-2-7-12(13)14(10)17/h2-3,7-8H,4-6,9H2,1H3. The van der Waals surface area contributed by atoms with E-state index in [0.29, 0.717) is 41.5 Å². The fourth-order valence-electron chi connectivity index (χ4n) is 2.39. The van der Waals surface area contributed by atoms with Gasteiger partial charge in [0.2, 0.25) is 0 Å². The van der Waals surface area contributed by atoms with Gasteiger partial charge in [-0.05, 0) is 26.2 Å². The number of ketones is 2. The molecule has 1 aromatic carbocycles. The monoisotopic (exact) mass is 289 g/mol. The summed E-state index contributed by atoms with van der Waals surface area (Å²) >= 11 is 0. The van der Waals surface area contributed by atoms with Gasteiger partial charge in [0.05, 0.1) is 6.61 Å². The molecule has 0 fully saturated rings. The molecule has 0 saturated heterocycles. The molecule has 0 N–H and O–H groups in total. The Hall–Kier alpha value is -2.50. The molecule has 1 aliphatic rings. The maximum Gasteiger partial charge on any atom is 0.294 e. The third kappa shape index (κ3) is 3.16. The first-order valence-electron chi connectivity index (χ1n) is 6.68. The molecule has 1 aliphatic carbocycles. The van der Waals surface area contributed by atoms with Crippen LogP contribution in [0, 0.1) is 10.1 Å². The number of Topliss-reactive ketones (excluding diaryl/α,β-unsaturated/α-hetero) is 2. The van der Waals surface area contributed by atoms with Crippen LogP contribution in [0.5, 0.6) is 0 Å². The van der Waals surface area contributed by atoms with Crippen molar-refractivity contribution in [3.05, 3.63) is 56.7 Å². The summed E-state index contributed by atoms with van der Waals surface area (Å²) < 4.78 is 0. The molecule has 1 aromatic rings. The molecular formula is C15H15NO5. The lowest BCUT2D eigenvalue weighted by Crippen LogP contribution is -2.20. The van der Waals surface area contributed by atoms with Crippen LogP contribution in [0.25, 0.3) is 0 Å². The zero-order valence-electron chi connectivity index (χ0n) is 11.6. The highest BCUT2D eigenvalue weighted by molar-refractivity contribution is 6.26. The summed E-state index contributed by atoms with van der Waals surface area (Å²) in [5.41, 5.74) is 1.85.